The number of hydrogen-bond donors (Lipinski definition) is 0. The van der Waals surface area contributed by atoms with Crippen molar-refractivity contribution in [1.29, 1.82) is 0 Å². The molecule has 24 heavy (non-hydrogen) atoms. The maximum absolute atomic E-state index is 12.7. The maximum atomic E-state index is 12.7. The molecular weight excluding hydrogens is 302 g/mol. The van der Waals surface area contributed by atoms with Gasteiger partial charge in [0.05, 0.1) is 11.0 Å². The molecule has 1 aliphatic rings. The standard InChI is InChI=1S/C19H23N3O2/c1-3-11-21(12-4-2)18(23)14-22-16-9-6-5-8-15(16)20-19(22)17-10-7-13-24-17/h3-6,8-9,17H,1-2,7,10-14H2. The number of imidazole rings is 1. The second kappa shape index (κ2) is 7.45. The van der Waals surface area contributed by atoms with Gasteiger partial charge in [-0.3, -0.25) is 4.79 Å². The molecule has 0 saturated carbocycles. The number of fused-ring (bicyclic) bond motifs is 1. The van der Waals surface area contributed by atoms with E-state index in [0.717, 1.165) is 36.3 Å². The molecule has 5 heteroatoms. The van der Waals surface area contributed by atoms with Gasteiger partial charge in [0.2, 0.25) is 5.91 Å². The van der Waals surface area contributed by atoms with Crippen LogP contribution < -0.4 is 0 Å². The first-order valence-corrected chi connectivity index (χ1v) is 8.31. The van der Waals surface area contributed by atoms with Gasteiger partial charge in [-0.1, -0.05) is 24.3 Å². The fourth-order valence-electron chi connectivity index (χ4n) is 3.11. The molecule has 5 nitrogen and oxygen atoms in total. The van der Waals surface area contributed by atoms with Crippen LogP contribution in [0.4, 0.5) is 0 Å². The van der Waals surface area contributed by atoms with Crippen molar-refractivity contribution in [3.8, 4) is 0 Å². The summed E-state index contributed by atoms with van der Waals surface area (Å²) < 4.78 is 7.80. The summed E-state index contributed by atoms with van der Waals surface area (Å²) >= 11 is 0. The highest BCUT2D eigenvalue weighted by Crippen LogP contribution is 2.30. The van der Waals surface area contributed by atoms with E-state index in [1.54, 1.807) is 17.1 Å². The molecule has 0 N–H and O–H groups in total. The zero-order chi connectivity index (χ0) is 16.9. The van der Waals surface area contributed by atoms with Gasteiger partial charge in [-0.05, 0) is 25.0 Å². The number of carbonyl (C=O) groups excluding carboxylic acids is 1. The molecule has 0 spiro atoms. The van der Waals surface area contributed by atoms with E-state index in [9.17, 15) is 4.79 Å². The Bertz CT molecular complexity index is 734. The molecule has 1 aromatic carbocycles. The average Bonchev–Trinajstić information content (AvgIpc) is 3.23. The van der Waals surface area contributed by atoms with Crippen molar-refractivity contribution in [2.24, 2.45) is 0 Å². The largest absolute Gasteiger partial charge is 0.370 e. The fraction of sp³-hybridized carbons (Fsp3) is 0.368. The number of carbonyl (C=O) groups is 1. The summed E-state index contributed by atoms with van der Waals surface area (Å²) in [4.78, 5) is 19.2. The number of aromatic nitrogens is 2. The molecule has 1 saturated heterocycles. The minimum absolute atomic E-state index is 0.0252. The fourth-order valence-corrected chi connectivity index (χ4v) is 3.11. The minimum Gasteiger partial charge on any atom is -0.370 e. The van der Waals surface area contributed by atoms with Gasteiger partial charge in [0.15, 0.2) is 0 Å². The van der Waals surface area contributed by atoms with Gasteiger partial charge in [-0.25, -0.2) is 4.98 Å². The van der Waals surface area contributed by atoms with E-state index >= 15 is 0 Å². The van der Waals surface area contributed by atoms with Crippen LogP contribution in [0.3, 0.4) is 0 Å². The van der Waals surface area contributed by atoms with Gasteiger partial charge in [0, 0.05) is 19.7 Å². The smallest absolute Gasteiger partial charge is 0.243 e. The highest BCUT2D eigenvalue weighted by molar-refractivity contribution is 5.81. The van der Waals surface area contributed by atoms with E-state index in [-0.39, 0.29) is 18.6 Å². The first-order chi connectivity index (χ1) is 11.7. The molecule has 1 atom stereocenters. The second-order valence-electron chi connectivity index (χ2n) is 5.92. The van der Waals surface area contributed by atoms with E-state index in [0.29, 0.717) is 13.1 Å². The van der Waals surface area contributed by atoms with Gasteiger partial charge in [0.25, 0.3) is 0 Å². The van der Waals surface area contributed by atoms with Crippen molar-refractivity contribution in [2.75, 3.05) is 19.7 Å². The summed E-state index contributed by atoms with van der Waals surface area (Å²) in [6, 6.07) is 7.90. The monoisotopic (exact) mass is 325 g/mol. The summed E-state index contributed by atoms with van der Waals surface area (Å²) in [5.41, 5.74) is 1.86. The van der Waals surface area contributed by atoms with E-state index in [4.69, 9.17) is 9.72 Å². The van der Waals surface area contributed by atoms with Crippen LogP contribution in [0.25, 0.3) is 11.0 Å². The van der Waals surface area contributed by atoms with Crippen molar-refractivity contribution in [1.82, 2.24) is 14.5 Å². The number of amides is 1. The maximum Gasteiger partial charge on any atom is 0.243 e. The molecule has 0 bridgehead atoms. The van der Waals surface area contributed by atoms with Crippen molar-refractivity contribution in [2.45, 2.75) is 25.5 Å². The summed E-state index contributed by atoms with van der Waals surface area (Å²) in [5, 5.41) is 0. The molecule has 0 aliphatic carbocycles. The lowest BCUT2D eigenvalue weighted by molar-refractivity contribution is -0.130. The van der Waals surface area contributed by atoms with E-state index < -0.39 is 0 Å². The SMILES string of the molecule is C=CCN(CC=C)C(=O)Cn1c(C2CCCO2)nc2ccccc21. The lowest BCUT2D eigenvalue weighted by atomic mass is 10.2. The molecule has 2 aromatic rings. The zero-order valence-corrected chi connectivity index (χ0v) is 13.9. The molecule has 1 unspecified atom stereocenters. The normalized spacial score (nSPS) is 17.1. The number of benzene rings is 1. The third kappa shape index (κ3) is 3.26. The Morgan fingerprint density at radius 1 is 1.33 bits per heavy atom. The van der Waals surface area contributed by atoms with Gasteiger partial charge >= 0.3 is 0 Å². The van der Waals surface area contributed by atoms with Crippen LogP contribution in [-0.2, 0) is 16.1 Å². The van der Waals surface area contributed by atoms with Crippen molar-refractivity contribution < 1.29 is 9.53 Å². The Balaban J connectivity index is 1.94. The Hall–Kier alpha value is -2.40. The van der Waals surface area contributed by atoms with Crippen molar-refractivity contribution in [3.05, 3.63) is 55.4 Å². The molecular formula is C19H23N3O2. The predicted octanol–water partition coefficient (Wildman–Crippen LogP) is 3.09. The molecule has 1 amide bonds. The summed E-state index contributed by atoms with van der Waals surface area (Å²) in [7, 11) is 0. The van der Waals surface area contributed by atoms with Crippen LogP contribution in [0.2, 0.25) is 0 Å². The Morgan fingerprint density at radius 3 is 2.75 bits per heavy atom. The van der Waals surface area contributed by atoms with Crippen LogP contribution in [0, 0.1) is 0 Å². The van der Waals surface area contributed by atoms with Crippen LogP contribution in [0.5, 0.6) is 0 Å². The molecule has 0 radical (unpaired) electrons. The Labute approximate surface area is 142 Å². The lowest BCUT2D eigenvalue weighted by Gasteiger charge is -2.21. The first-order valence-electron chi connectivity index (χ1n) is 8.31. The zero-order valence-electron chi connectivity index (χ0n) is 13.9. The van der Waals surface area contributed by atoms with Crippen molar-refractivity contribution >= 4 is 16.9 Å². The van der Waals surface area contributed by atoms with E-state index in [1.165, 1.54) is 0 Å². The average molecular weight is 325 g/mol. The number of nitrogens with zero attached hydrogens (tertiary/aromatic N) is 3. The Morgan fingerprint density at radius 2 is 2.08 bits per heavy atom. The predicted molar refractivity (Wildman–Crippen MR) is 94.6 cm³/mol. The third-order valence-electron chi connectivity index (χ3n) is 4.25. The number of para-hydroxylation sites is 2. The molecule has 1 fully saturated rings. The Kier molecular flexibility index (Phi) is 5.11. The van der Waals surface area contributed by atoms with Gasteiger partial charge in [-0.15, -0.1) is 13.2 Å². The van der Waals surface area contributed by atoms with Crippen LogP contribution >= 0.6 is 0 Å². The quantitative estimate of drug-likeness (QED) is 0.735. The second-order valence-corrected chi connectivity index (χ2v) is 5.92. The first kappa shape index (κ1) is 16.5. The minimum atomic E-state index is -0.0301. The molecule has 1 aliphatic heterocycles. The summed E-state index contributed by atoms with van der Waals surface area (Å²) in [6.07, 6.45) is 5.40. The molecule has 126 valence electrons. The van der Waals surface area contributed by atoms with Crippen LogP contribution in [-0.4, -0.2) is 40.1 Å². The molecule has 1 aromatic heterocycles. The molecule has 3 rings (SSSR count). The number of ether oxygens (including phenoxy) is 1. The summed E-state index contributed by atoms with van der Waals surface area (Å²) in [5.74, 6) is 0.872. The van der Waals surface area contributed by atoms with Crippen LogP contribution in [0.15, 0.2) is 49.6 Å². The van der Waals surface area contributed by atoms with E-state index in [1.807, 2.05) is 28.8 Å². The highest BCUT2D eigenvalue weighted by Gasteiger charge is 2.26. The lowest BCUT2D eigenvalue weighted by Crippen LogP contribution is -2.34. The highest BCUT2D eigenvalue weighted by atomic mass is 16.5. The number of hydrogen-bond acceptors (Lipinski definition) is 3. The van der Waals surface area contributed by atoms with Crippen molar-refractivity contribution in [3.63, 3.8) is 0 Å². The van der Waals surface area contributed by atoms with Gasteiger partial charge < -0.3 is 14.2 Å². The molecule has 2 heterocycles. The topological polar surface area (TPSA) is 47.4 Å². The van der Waals surface area contributed by atoms with Gasteiger partial charge in [0.1, 0.15) is 18.5 Å². The summed E-state index contributed by atoms with van der Waals surface area (Å²) in [6.45, 7) is 9.46. The van der Waals surface area contributed by atoms with Crippen LogP contribution in [0.1, 0.15) is 24.8 Å². The van der Waals surface area contributed by atoms with E-state index in [2.05, 4.69) is 13.2 Å². The number of rotatable bonds is 7. The van der Waals surface area contributed by atoms with Gasteiger partial charge in [-0.2, -0.15) is 0 Å². The third-order valence-corrected chi connectivity index (χ3v) is 4.25.